The van der Waals surface area contributed by atoms with E-state index < -0.39 is 5.91 Å². The van der Waals surface area contributed by atoms with E-state index in [0.717, 1.165) is 17.7 Å². The second-order valence-corrected chi connectivity index (χ2v) is 9.88. The molecule has 4 aromatic heterocycles. The fraction of sp³-hybridized carbons (Fsp3) is 0.385. The molecule has 6 rings (SSSR count). The normalized spacial score (nSPS) is 19.0. The van der Waals surface area contributed by atoms with Gasteiger partial charge in [-0.15, -0.1) is 10.2 Å². The summed E-state index contributed by atoms with van der Waals surface area (Å²) in [5, 5.41) is 18.3. The van der Waals surface area contributed by atoms with Gasteiger partial charge in [-0.1, -0.05) is 0 Å². The highest BCUT2D eigenvalue weighted by Gasteiger charge is 2.38. The number of carbonyl (C=O) groups is 2. The van der Waals surface area contributed by atoms with Crippen LogP contribution in [0.15, 0.2) is 43.0 Å². The molecule has 37 heavy (non-hydrogen) atoms. The van der Waals surface area contributed by atoms with Crippen molar-refractivity contribution in [2.75, 3.05) is 17.2 Å². The van der Waals surface area contributed by atoms with E-state index in [-0.39, 0.29) is 11.7 Å². The van der Waals surface area contributed by atoms with Crippen LogP contribution in [0.2, 0.25) is 0 Å². The number of carbonyl (C=O) groups excluding carboxylic acids is 2. The van der Waals surface area contributed by atoms with Gasteiger partial charge >= 0.3 is 0 Å². The fourth-order valence-corrected chi connectivity index (χ4v) is 5.54. The Balaban J connectivity index is 1.12. The minimum absolute atomic E-state index is 0.0536. The number of aromatic nitrogens is 6. The molecule has 4 aromatic rings. The predicted molar refractivity (Wildman–Crippen MR) is 138 cm³/mol. The van der Waals surface area contributed by atoms with Gasteiger partial charge in [0.25, 0.3) is 5.91 Å². The molecular weight excluding hydrogens is 470 g/mol. The van der Waals surface area contributed by atoms with Crippen LogP contribution in [0, 0.1) is 6.92 Å². The topological polar surface area (TPSA) is 122 Å². The van der Waals surface area contributed by atoms with E-state index in [9.17, 15) is 9.59 Å². The second kappa shape index (κ2) is 9.40. The highest BCUT2D eigenvalue weighted by molar-refractivity contribution is 6.03. The molecule has 2 aliphatic heterocycles. The molecule has 0 atom stereocenters. The average molecular weight is 500 g/mol. The monoisotopic (exact) mass is 499 g/mol. The van der Waals surface area contributed by atoms with Crippen LogP contribution in [0.25, 0.3) is 16.8 Å². The number of aryl methyl sites for hydroxylation is 2. The number of anilines is 2. The average Bonchev–Trinajstić information content (AvgIpc) is 3.68. The Bertz CT molecular complexity index is 1470. The number of hydrogen-bond acceptors (Lipinski definition) is 7. The van der Waals surface area contributed by atoms with Crippen molar-refractivity contribution in [3.8, 4) is 11.1 Å². The van der Waals surface area contributed by atoms with Gasteiger partial charge in [0.1, 0.15) is 0 Å². The third kappa shape index (κ3) is 4.57. The standard InChI is InChI=1S/C26H29N9O2/c1-16-22(12-19(14-27-16)29-24(36)8-10-34-20-3-4-21(34)6-5-20)30-26(37)25-32-31-23-11-17(7-9-35(23)25)18-13-28-33(2)15-18/h7,9,11-15,20-21H,3-6,8,10H2,1-2H3,(H,29,36)(H,30,37). The third-order valence-corrected chi connectivity index (χ3v) is 7.47. The summed E-state index contributed by atoms with van der Waals surface area (Å²) in [4.78, 5) is 32.5. The number of rotatable bonds is 7. The lowest BCUT2D eigenvalue weighted by Gasteiger charge is -2.21. The molecule has 2 amide bonds. The second-order valence-electron chi connectivity index (χ2n) is 9.88. The van der Waals surface area contributed by atoms with Crippen molar-refractivity contribution in [3.05, 3.63) is 54.5 Å². The maximum atomic E-state index is 13.1. The summed E-state index contributed by atoms with van der Waals surface area (Å²) in [6, 6.07) is 6.77. The predicted octanol–water partition coefficient (Wildman–Crippen LogP) is 3.04. The first kappa shape index (κ1) is 23.3. The maximum Gasteiger partial charge on any atom is 0.294 e. The fourth-order valence-electron chi connectivity index (χ4n) is 5.54. The molecule has 2 aliphatic rings. The van der Waals surface area contributed by atoms with Gasteiger partial charge in [0.05, 0.1) is 29.5 Å². The van der Waals surface area contributed by atoms with E-state index >= 15 is 0 Å². The number of amides is 2. The summed E-state index contributed by atoms with van der Waals surface area (Å²) in [5.74, 6) is -0.316. The smallest absolute Gasteiger partial charge is 0.294 e. The first-order chi connectivity index (χ1) is 17.9. The Morgan fingerprint density at radius 1 is 1.03 bits per heavy atom. The minimum atomic E-state index is -0.417. The summed E-state index contributed by atoms with van der Waals surface area (Å²) in [7, 11) is 1.86. The highest BCUT2D eigenvalue weighted by Crippen LogP contribution is 2.37. The summed E-state index contributed by atoms with van der Waals surface area (Å²) in [6.07, 6.45) is 12.5. The number of nitrogens with zero attached hydrogens (tertiary/aromatic N) is 7. The van der Waals surface area contributed by atoms with Crippen LogP contribution in [-0.4, -0.2) is 64.7 Å². The van der Waals surface area contributed by atoms with Gasteiger partial charge in [-0.2, -0.15) is 5.10 Å². The van der Waals surface area contributed by atoms with Crippen molar-refractivity contribution in [1.29, 1.82) is 0 Å². The van der Waals surface area contributed by atoms with Crippen molar-refractivity contribution in [2.24, 2.45) is 7.05 Å². The summed E-state index contributed by atoms with van der Waals surface area (Å²) >= 11 is 0. The molecule has 0 aromatic carbocycles. The van der Waals surface area contributed by atoms with Crippen molar-refractivity contribution in [1.82, 2.24) is 34.3 Å². The molecule has 11 heteroatoms. The van der Waals surface area contributed by atoms with Crippen molar-refractivity contribution < 1.29 is 9.59 Å². The Morgan fingerprint density at radius 3 is 2.54 bits per heavy atom. The van der Waals surface area contributed by atoms with E-state index in [1.54, 1.807) is 40.7 Å². The summed E-state index contributed by atoms with van der Waals surface area (Å²) in [6.45, 7) is 2.58. The molecule has 190 valence electrons. The quantitative estimate of drug-likeness (QED) is 0.401. The zero-order chi connectivity index (χ0) is 25.5. The molecule has 11 nitrogen and oxygen atoms in total. The molecule has 0 saturated carbocycles. The number of hydrogen-bond donors (Lipinski definition) is 2. The molecule has 2 fully saturated rings. The lowest BCUT2D eigenvalue weighted by Crippen LogP contribution is -2.31. The van der Waals surface area contributed by atoms with Gasteiger partial charge in [0.2, 0.25) is 11.7 Å². The van der Waals surface area contributed by atoms with Crippen LogP contribution >= 0.6 is 0 Å². The van der Waals surface area contributed by atoms with Gasteiger partial charge in [0.15, 0.2) is 5.65 Å². The summed E-state index contributed by atoms with van der Waals surface area (Å²) < 4.78 is 3.36. The molecule has 2 bridgehead atoms. The Morgan fingerprint density at radius 2 is 1.81 bits per heavy atom. The van der Waals surface area contributed by atoms with Gasteiger partial charge in [-0.25, -0.2) is 0 Å². The van der Waals surface area contributed by atoms with Gasteiger partial charge < -0.3 is 10.6 Å². The molecule has 0 spiro atoms. The molecule has 2 saturated heterocycles. The third-order valence-electron chi connectivity index (χ3n) is 7.47. The van der Waals surface area contributed by atoms with Crippen LogP contribution in [0.3, 0.4) is 0 Å². The largest absolute Gasteiger partial charge is 0.325 e. The van der Waals surface area contributed by atoms with Crippen LogP contribution in [0.1, 0.15) is 48.4 Å². The number of pyridine rings is 2. The molecule has 0 unspecified atom stereocenters. The van der Waals surface area contributed by atoms with Crippen LogP contribution in [-0.2, 0) is 11.8 Å². The van der Waals surface area contributed by atoms with Crippen LogP contribution < -0.4 is 10.6 Å². The zero-order valence-electron chi connectivity index (χ0n) is 20.9. The molecule has 2 N–H and O–H groups in total. The first-order valence-electron chi connectivity index (χ1n) is 12.6. The zero-order valence-corrected chi connectivity index (χ0v) is 20.9. The van der Waals surface area contributed by atoms with Crippen molar-refractivity contribution >= 4 is 28.8 Å². The molecule has 0 radical (unpaired) electrons. The van der Waals surface area contributed by atoms with Gasteiger partial charge in [0, 0.05) is 50.1 Å². The highest BCUT2D eigenvalue weighted by atomic mass is 16.2. The Hall–Kier alpha value is -4.12. The van der Waals surface area contributed by atoms with E-state index in [1.807, 2.05) is 25.4 Å². The Kier molecular flexibility index (Phi) is 5.91. The molecule has 6 heterocycles. The lowest BCUT2D eigenvalue weighted by molar-refractivity contribution is -0.116. The molecule has 0 aliphatic carbocycles. The SMILES string of the molecule is Cc1ncc(NC(=O)CCN2C3CCC2CC3)cc1NC(=O)c1nnc2cc(-c3cnn(C)c3)ccn12. The summed E-state index contributed by atoms with van der Waals surface area (Å²) in [5.41, 5.74) is 4.11. The van der Waals surface area contributed by atoms with Crippen LogP contribution in [0.5, 0.6) is 0 Å². The van der Waals surface area contributed by atoms with Crippen molar-refractivity contribution in [3.63, 3.8) is 0 Å². The minimum Gasteiger partial charge on any atom is -0.325 e. The number of fused-ring (bicyclic) bond motifs is 3. The van der Waals surface area contributed by atoms with Crippen molar-refractivity contribution in [2.45, 2.75) is 51.1 Å². The first-order valence-corrected chi connectivity index (χ1v) is 12.6. The van der Waals surface area contributed by atoms with Gasteiger partial charge in [-0.3, -0.25) is 28.6 Å². The van der Waals surface area contributed by atoms with Gasteiger partial charge in [-0.05, 0) is 56.4 Å². The van der Waals surface area contributed by atoms with E-state index in [4.69, 9.17) is 0 Å². The van der Waals surface area contributed by atoms with E-state index in [0.29, 0.717) is 41.2 Å². The van der Waals surface area contributed by atoms with Crippen LogP contribution in [0.4, 0.5) is 11.4 Å². The van der Waals surface area contributed by atoms with E-state index in [2.05, 4.69) is 35.8 Å². The molecular formula is C26H29N9O2. The maximum absolute atomic E-state index is 13.1. The number of nitrogens with one attached hydrogen (secondary N) is 2. The van der Waals surface area contributed by atoms with E-state index in [1.165, 1.54) is 25.7 Å². The lowest BCUT2D eigenvalue weighted by atomic mass is 10.0. The Labute approximate surface area is 213 Å².